The Morgan fingerprint density at radius 1 is 0.480 bits per heavy atom. The minimum atomic E-state index is 0.0349. The average Bonchev–Trinajstić information content (AvgIpc) is 3.53. The van der Waals surface area contributed by atoms with Crippen molar-refractivity contribution in [2.75, 3.05) is 0 Å². The molecule has 0 saturated carbocycles. The maximum atomic E-state index is 5.15. The topological polar surface area (TPSA) is 46.6 Å². The zero-order chi connectivity index (χ0) is 33.0. The van der Waals surface area contributed by atoms with E-state index in [0.717, 1.165) is 33.5 Å². The van der Waals surface area contributed by atoms with Crippen molar-refractivity contribution in [3.63, 3.8) is 0 Å². The van der Waals surface area contributed by atoms with Crippen molar-refractivity contribution in [2.45, 2.75) is 6.04 Å². The summed E-state index contributed by atoms with van der Waals surface area (Å²) in [6.07, 6.45) is 8.84. The Kier molecular flexibility index (Phi) is 6.49. The summed E-state index contributed by atoms with van der Waals surface area (Å²) >= 11 is 0. The van der Waals surface area contributed by atoms with Crippen LogP contribution in [0.15, 0.2) is 176 Å². The SMILES string of the molecule is C1=CC2=[N+](c3ccccc3)c3cc(-c4nc(-c5ccccc5)nc(-c5ccccc5)n4)cc4c5cc(-c6ccccc6)ccc5n(c34)C2C=C1. The zero-order valence-electron chi connectivity index (χ0n) is 27.1. The summed E-state index contributed by atoms with van der Waals surface area (Å²) in [5, 5.41) is 2.36. The second-order valence-corrected chi connectivity index (χ2v) is 12.7. The van der Waals surface area contributed by atoms with Crippen LogP contribution in [0.4, 0.5) is 11.4 Å². The van der Waals surface area contributed by atoms with Crippen LogP contribution in [0.25, 0.3) is 67.1 Å². The molecule has 5 heteroatoms. The first-order valence-electron chi connectivity index (χ1n) is 16.9. The molecule has 2 aromatic heterocycles. The molecule has 0 fully saturated rings. The molecule has 0 spiro atoms. The Labute approximate surface area is 289 Å². The van der Waals surface area contributed by atoms with Crippen LogP contribution >= 0.6 is 0 Å². The molecule has 0 bridgehead atoms. The molecule has 1 aliphatic heterocycles. The van der Waals surface area contributed by atoms with Gasteiger partial charge in [0.1, 0.15) is 11.6 Å². The molecule has 1 atom stereocenters. The summed E-state index contributed by atoms with van der Waals surface area (Å²) in [6, 6.07) is 53.0. The van der Waals surface area contributed by atoms with Crippen LogP contribution in [0, 0.1) is 0 Å². The predicted molar refractivity (Wildman–Crippen MR) is 205 cm³/mol. The van der Waals surface area contributed by atoms with Gasteiger partial charge in [-0.25, -0.2) is 15.0 Å². The number of fused-ring (bicyclic) bond motifs is 5. The molecular weight excluding hydrogens is 611 g/mol. The van der Waals surface area contributed by atoms with Gasteiger partial charge in [-0.15, -0.1) is 0 Å². The fraction of sp³-hybridized carbons (Fsp3) is 0.0222. The summed E-state index contributed by atoms with van der Waals surface area (Å²) in [7, 11) is 0. The third-order valence-electron chi connectivity index (χ3n) is 9.71. The van der Waals surface area contributed by atoms with Crippen molar-refractivity contribution in [2.24, 2.45) is 0 Å². The standard InChI is InChI=1S/C45H30N5/c1-5-15-30(16-6-1)33-25-26-38-36(27-33)37-28-34(45-47-43(31-17-7-2-8-18-31)46-44(48-45)32-19-9-3-10-20-32)29-41-42(37)50(38)40-24-14-13-23-39(40)49(41)35-21-11-4-12-22-35/h1-29,40H/q+1. The van der Waals surface area contributed by atoms with E-state index < -0.39 is 0 Å². The third kappa shape index (κ3) is 4.55. The van der Waals surface area contributed by atoms with Gasteiger partial charge in [0.15, 0.2) is 17.5 Å². The smallest absolute Gasteiger partial charge is 0.236 e. The third-order valence-corrected chi connectivity index (χ3v) is 9.71. The number of hydrogen-bond acceptors (Lipinski definition) is 3. The molecule has 10 rings (SSSR count). The molecule has 3 heterocycles. The van der Waals surface area contributed by atoms with Crippen LogP contribution in [0.3, 0.4) is 0 Å². The number of benzene rings is 6. The molecule has 234 valence electrons. The number of rotatable bonds is 5. The monoisotopic (exact) mass is 640 g/mol. The Hall–Kier alpha value is -6.72. The number of para-hydroxylation sites is 1. The van der Waals surface area contributed by atoms with E-state index in [1.54, 1.807) is 0 Å². The van der Waals surface area contributed by atoms with Gasteiger partial charge >= 0.3 is 0 Å². The van der Waals surface area contributed by atoms with E-state index in [4.69, 9.17) is 15.0 Å². The molecule has 8 aromatic rings. The first-order chi connectivity index (χ1) is 24.8. The van der Waals surface area contributed by atoms with Crippen molar-refractivity contribution in [3.8, 4) is 45.3 Å². The Morgan fingerprint density at radius 2 is 1.04 bits per heavy atom. The largest absolute Gasteiger partial charge is 0.318 e. The highest BCUT2D eigenvalue weighted by molar-refractivity contribution is 6.19. The summed E-state index contributed by atoms with van der Waals surface area (Å²) < 4.78 is 4.91. The predicted octanol–water partition coefficient (Wildman–Crippen LogP) is 10.6. The lowest BCUT2D eigenvalue weighted by Gasteiger charge is -2.25. The van der Waals surface area contributed by atoms with Gasteiger partial charge in [0.2, 0.25) is 17.1 Å². The maximum Gasteiger partial charge on any atom is 0.236 e. The number of aromatic nitrogens is 4. The first kappa shape index (κ1) is 28.3. The summed E-state index contributed by atoms with van der Waals surface area (Å²) in [5.74, 6) is 1.92. The lowest BCUT2D eigenvalue weighted by atomic mass is 9.99. The summed E-state index contributed by atoms with van der Waals surface area (Å²) in [5.41, 5.74) is 11.0. The van der Waals surface area contributed by atoms with Gasteiger partial charge < -0.3 is 4.57 Å². The highest BCUT2D eigenvalue weighted by atomic mass is 15.2. The highest BCUT2D eigenvalue weighted by Gasteiger charge is 2.38. The van der Waals surface area contributed by atoms with Gasteiger partial charge in [0.05, 0.1) is 5.52 Å². The minimum absolute atomic E-state index is 0.0349. The Balaban J connectivity index is 1.31. The quantitative estimate of drug-likeness (QED) is 0.176. The fourth-order valence-electron chi connectivity index (χ4n) is 7.45. The molecule has 0 N–H and O–H groups in total. The molecule has 0 radical (unpaired) electrons. The van der Waals surface area contributed by atoms with Crippen LogP contribution in [0.5, 0.6) is 0 Å². The molecule has 6 aromatic carbocycles. The van der Waals surface area contributed by atoms with Crippen LogP contribution in [-0.4, -0.2) is 25.2 Å². The zero-order valence-corrected chi connectivity index (χ0v) is 27.1. The first-order valence-corrected chi connectivity index (χ1v) is 16.9. The number of allylic oxidation sites excluding steroid dienone is 4. The molecule has 5 nitrogen and oxygen atoms in total. The molecule has 1 aliphatic carbocycles. The van der Waals surface area contributed by atoms with Crippen molar-refractivity contribution < 1.29 is 0 Å². The maximum absolute atomic E-state index is 5.15. The summed E-state index contributed by atoms with van der Waals surface area (Å²) in [4.78, 5) is 15.3. The molecule has 1 unspecified atom stereocenters. The van der Waals surface area contributed by atoms with Crippen LogP contribution in [-0.2, 0) is 0 Å². The van der Waals surface area contributed by atoms with E-state index in [2.05, 4.69) is 149 Å². The Morgan fingerprint density at radius 3 is 1.68 bits per heavy atom. The summed E-state index contributed by atoms with van der Waals surface area (Å²) in [6.45, 7) is 0. The van der Waals surface area contributed by atoms with Crippen LogP contribution in [0.2, 0.25) is 0 Å². The average molecular weight is 641 g/mol. The van der Waals surface area contributed by atoms with E-state index in [1.807, 2.05) is 36.4 Å². The van der Waals surface area contributed by atoms with Gasteiger partial charge in [-0.2, -0.15) is 4.58 Å². The molecule has 2 aliphatic rings. The van der Waals surface area contributed by atoms with Crippen LogP contribution in [0.1, 0.15) is 6.04 Å². The molecule has 0 amide bonds. The lowest BCUT2D eigenvalue weighted by molar-refractivity contribution is 0.781. The van der Waals surface area contributed by atoms with Gasteiger partial charge in [-0.1, -0.05) is 133 Å². The van der Waals surface area contributed by atoms with Crippen molar-refractivity contribution in [3.05, 3.63) is 176 Å². The van der Waals surface area contributed by atoms with E-state index in [9.17, 15) is 0 Å². The fourth-order valence-corrected chi connectivity index (χ4v) is 7.45. The molecule has 0 saturated heterocycles. The van der Waals surface area contributed by atoms with E-state index in [-0.39, 0.29) is 6.04 Å². The lowest BCUT2D eigenvalue weighted by Crippen LogP contribution is -2.30. The van der Waals surface area contributed by atoms with E-state index in [0.29, 0.717) is 17.5 Å². The van der Waals surface area contributed by atoms with Gasteiger partial charge in [0, 0.05) is 51.7 Å². The molecular formula is C45H30N5+. The van der Waals surface area contributed by atoms with E-state index >= 15 is 0 Å². The van der Waals surface area contributed by atoms with Gasteiger partial charge in [-0.3, -0.25) is 0 Å². The van der Waals surface area contributed by atoms with Crippen molar-refractivity contribution >= 4 is 38.9 Å². The van der Waals surface area contributed by atoms with Gasteiger partial charge in [0.25, 0.3) is 0 Å². The van der Waals surface area contributed by atoms with Crippen molar-refractivity contribution in [1.82, 2.24) is 24.1 Å². The van der Waals surface area contributed by atoms with Gasteiger partial charge in [-0.05, 0) is 29.3 Å². The van der Waals surface area contributed by atoms with Crippen molar-refractivity contribution in [1.29, 1.82) is 0 Å². The van der Waals surface area contributed by atoms with E-state index in [1.165, 1.54) is 33.3 Å². The highest BCUT2D eigenvalue weighted by Crippen LogP contribution is 2.46. The Bertz CT molecular complexity index is 2610. The minimum Gasteiger partial charge on any atom is -0.318 e. The second kappa shape index (κ2) is 11.5. The second-order valence-electron chi connectivity index (χ2n) is 12.7. The molecule has 50 heavy (non-hydrogen) atoms. The number of nitrogens with zero attached hydrogens (tertiary/aromatic N) is 5. The number of hydrogen-bond donors (Lipinski definition) is 0. The normalized spacial score (nSPS) is 14.8. The van der Waals surface area contributed by atoms with Crippen LogP contribution < -0.4 is 4.58 Å².